The van der Waals surface area contributed by atoms with Crippen molar-refractivity contribution in [3.8, 4) is 28.5 Å². The van der Waals surface area contributed by atoms with Crippen molar-refractivity contribution in [3.63, 3.8) is 0 Å². The van der Waals surface area contributed by atoms with Gasteiger partial charge < -0.3 is 9.15 Å². The van der Waals surface area contributed by atoms with Gasteiger partial charge in [0.2, 0.25) is 5.88 Å². The number of ether oxygens (including phenoxy) is 1. The van der Waals surface area contributed by atoms with Crippen molar-refractivity contribution < 1.29 is 18.7 Å². The summed E-state index contributed by atoms with van der Waals surface area (Å²) in [6.07, 6.45) is 0. The highest BCUT2D eigenvalue weighted by Gasteiger charge is 2.24. The van der Waals surface area contributed by atoms with Crippen molar-refractivity contribution in [2.45, 2.75) is 0 Å². The SMILES string of the molecule is N#Cc1c(NC(=O)COC(=O)c2cccc(Cl)c2Cl)oc(-c2ccccc2)c1-c1ccccc1. The number of nitrogens with zero attached hydrogens (tertiary/aromatic N) is 1. The summed E-state index contributed by atoms with van der Waals surface area (Å²) < 4.78 is 11.0. The molecule has 0 spiro atoms. The van der Waals surface area contributed by atoms with Gasteiger partial charge in [0.1, 0.15) is 17.4 Å². The molecule has 1 aromatic heterocycles. The number of hydrogen-bond acceptors (Lipinski definition) is 5. The van der Waals surface area contributed by atoms with Gasteiger partial charge in [0.15, 0.2) is 6.61 Å². The van der Waals surface area contributed by atoms with E-state index in [0.29, 0.717) is 11.3 Å². The molecular formula is C26H16Cl2N2O4. The fourth-order valence-electron chi connectivity index (χ4n) is 3.33. The Morgan fingerprint density at radius 3 is 2.21 bits per heavy atom. The van der Waals surface area contributed by atoms with Gasteiger partial charge in [-0.3, -0.25) is 10.1 Å². The quantitative estimate of drug-likeness (QED) is 0.307. The van der Waals surface area contributed by atoms with Crippen molar-refractivity contribution in [2.75, 3.05) is 11.9 Å². The Morgan fingerprint density at radius 2 is 1.56 bits per heavy atom. The topological polar surface area (TPSA) is 92.3 Å². The van der Waals surface area contributed by atoms with E-state index in [0.717, 1.165) is 11.1 Å². The standard InChI is InChI=1S/C26H16Cl2N2O4/c27-20-13-7-12-18(23(20)28)26(32)33-15-21(31)30-25-19(14-29)22(16-8-3-1-4-9-16)24(34-25)17-10-5-2-6-11-17/h1-13H,15H2,(H,30,31). The van der Waals surface area contributed by atoms with Gasteiger partial charge in [-0.15, -0.1) is 0 Å². The monoisotopic (exact) mass is 490 g/mol. The number of benzene rings is 3. The molecule has 168 valence electrons. The molecule has 0 saturated carbocycles. The number of amides is 1. The number of nitriles is 1. The van der Waals surface area contributed by atoms with Crippen molar-refractivity contribution in [3.05, 3.63) is 100 Å². The highest BCUT2D eigenvalue weighted by Crippen LogP contribution is 2.41. The first kappa shape index (κ1) is 23.1. The summed E-state index contributed by atoms with van der Waals surface area (Å²) in [7, 11) is 0. The Hall–Kier alpha value is -4.05. The van der Waals surface area contributed by atoms with E-state index in [2.05, 4.69) is 11.4 Å². The van der Waals surface area contributed by atoms with Crippen LogP contribution in [0.15, 0.2) is 83.3 Å². The maximum absolute atomic E-state index is 12.5. The lowest BCUT2D eigenvalue weighted by molar-refractivity contribution is -0.119. The molecule has 0 unspecified atom stereocenters. The number of carbonyl (C=O) groups is 2. The lowest BCUT2D eigenvalue weighted by Crippen LogP contribution is -2.21. The van der Waals surface area contributed by atoms with Crippen LogP contribution in [-0.2, 0) is 9.53 Å². The van der Waals surface area contributed by atoms with E-state index >= 15 is 0 Å². The molecule has 0 fully saturated rings. The molecule has 0 bridgehead atoms. The van der Waals surface area contributed by atoms with E-state index in [-0.39, 0.29) is 27.1 Å². The van der Waals surface area contributed by atoms with Gasteiger partial charge in [-0.2, -0.15) is 5.26 Å². The second-order valence-corrected chi connectivity index (χ2v) is 7.87. The average molecular weight is 491 g/mol. The maximum Gasteiger partial charge on any atom is 0.340 e. The van der Waals surface area contributed by atoms with Crippen molar-refractivity contribution >= 4 is 41.0 Å². The number of esters is 1. The molecule has 1 N–H and O–H groups in total. The second kappa shape index (κ2) is 10.3. The van der Waals surface area contributed by atoms with E-state index in [1.54, 1.807) is 6.07 Å². The molecular weight excluding hydrogens is 475 g/mol. The molecule has 1 amide bonds. The number of anilines is 1. The zero-order valence-electron chi connectivity index (χ0n) is 17.5. The minimum atomic E-state index is -0.808. The van der Waals surface area contributed by atoms with Crippen LogP contribution in [0.1, 0.15) is 15.9 Å². The third kappa shape index (κ3) is 4.81. The molecule has 0 aliphatic heterocycles. The lowest BCUT2D eigenvalue weighted by atomic mass is 9.98. The highest BCUT2D eigenvalue weighted by molar-refractivity contribution is 6.43. The molecule has 0 aliphatic carbocycles. The molecule has 4 aromatic rings. The molecule has 0 atom stereocenters. The molecule has 4 rings (SSSR count). The Balaban J connectivity index is 1.60. The van der Waals surface area contributed by atoms with Gasteiger partial charge in [0.05, 0.1) is 15.6 Å². The minimum Gasteiger partial charge on any atom is -0.452 e. The van der Waals surface area contributed by atoms with Crippen LogP contribution in [0.2, 0.25) is 10.0 Å². The van der Waals surface area contributed by atoms with Crippen molar-refractivity contribution in [2.24, 2.45) is 0 Å². The number of furan rings is 1. The normalized spacial score (nSPS) is 10.4. The third-order valence-corrected chi connectivity index (χ3v) is 5.70. The molecule has 3 aromatic carbocycles. The zero-order valence-corrected chi connectivity index (χ0v) is 19.1. The fraction of sp³-hybridized carbons (Fsp3) is 0.0385. The van der Waals surface area contributed by atoms with E-state index in [4.69, 9.17) is 32.4 Å². The van der Waals surface area contributed by atoms with Crippen molar-refractivity contribution in [1.82, 2.24) is 0 Å². The van der Waals surface area contributed by atoms with Crippen LogP contribution < -0.4 is 5.32 Å². The predicted octanol–water partition coefficient (Wildman–Crippen LogP) is 6.59. The van der Waals surface area contributed by atoms with Crippen LogP contribution in [-0.4, -0.2) is 18.5 Å². The Kier molecular flexibility index (Phi) is 6.98. The average Bonchev–Trinajstić information content (AvgIpc) is 3.23. The number of nitrogens with one attached hydrogen (secondary N) is 1. The molecule has 6 nitrogen and oxygen atoms in total. The molecule has 0 aliphatic rings. The number of halogens is 2. The molecule has 1 heterocycles. The van der Waals surface area contributed by atoms with E-state index in [1.807, 2.05) is 60.7 Å². The van der Waals surface area contributed by atoms with Gasteiger partial charge in [-0.1, -0.05) is 89.9 Å². The summed E-state index contributed by atoms with van der Waals surface area (Å²) in [4.78, 5) is 24.8. The number of carbonyl (C=O) groups excluding carboxylic acids is 2. The second-order valence-electron chi connectivity index (χ2n) is 7.08. The number of rotatable bonds is 6. The third-order valence-electron chi connectivity index (χ3n) is 4.88. The van der Waals surface area contributed by atoms with Gasteiger partial charge >= 0.3 is 5.97 Å². The molecule has 34 heavy (non-hydrogen) atoms. The largest absolute Gasteiger partial charge is 0.452 e. The van der Waals surface area contributed by atoms with Gasteiger partial charge in [0.25, 0.3) is 5.91 Å². The Bertz CT molecular complexity index is 1390. The zero-order chi connectivity index (χ0) is 24.1. The Labute approximate surface area is 205 Å². The Morgan fingerprint density at radius 1 is 0.912 bits per heavy atom. The van der Waals surface area contributed by atoms with E-state index in [9.17, 15) is 14.9 Å². The number of hydrogen-bond donors (Lipinski definition) is 1. The fourth-order valence-corrected chi connectivity index (χ4v) is 3.71. The van der Waals surface area contributed by atoms with Crippen molar-refractivity contribution in [1.29, 1.82) is 5.26 Å². The van der Waals surface area contributed by atoms with Crippen LogP contribution in [0.3, 0.4) is 0 Å². The smallest absolute Gasteiger partial charge is 0.340 e. The van der Waals surface area contributed by atoms with E-state index < -0.39 is 18.5 Å². The van der Waals surface area contributed by atoms with E-state index in [1.165, 1.54) is 12.1 Å². The van der Waals surface area contributed by atoms with Gasteiger partial charge in [0, 0.05) is 11.1 Å². The van der Waals surface area contributed by atoms with Crippen LogP contribution >= 0.6 is 23.2 Å². The predicted molar refractivity (Wildman–Crippen MR) is 130 cm³/mol. The van der Waals surface area contributed by atoms with Gasteiger partial charge in [-0.05, 0) is 17.7 Å². The minimum absolute atomic E-state index is 0.0346. The van der Waals surface area contributed by atoms with Crippen LogP contribution in [0.4, 0.5) is 5.88 Å². The first-order chi connectivity index (χ1) is 16.5. The summed E-state index contributed by atoms with van der Waals surface area (Å²) in [6.45, 7) is -0.616. The van der Waals surface area contributed by atoms with Crippen LogP contribution in [0.5, 0.6) is 0 Å². The molecule has 0 saturated heterocycles. The summed E-state index contributed by atoms with van der Waals surface area (Å²) in [5.74, 6) is -1.10. The van der Waals surface area contributed by atoms with Crippen LogP contribution in [0.25, 0.3) is 22.5 Å². The molecule has 8 heteroatoms. The maximum atomic E-state index is 12.5. The first-order valence-electron chi connectivity index (χ1n) is 10.1. The summed E-state index contributed by atoms with van der Waals surface area (Å²) in [6, 6.07) is 25.1. The first-order valence-corrected chi connectivity index (χ1v) is 10.8. The highest BCUT2D eigenvalue weighted by atomic mass is 35.5. The van der Waals surface area contributed by atoms with Gasteiger partial charge in [-0.25, -0.2) is 4.79 Å². The lowest BCUT2D eigenvalue weighted by Gasteiger charge is -2.07. The van der Waals surface area contributed by atoms with Crippen LogP contribution in [0, 0.1) is 11.3 Å². The summed E-state index contributed by atoms with van der Waals surface area (Å²) in [5, 5.41) is 12.6. The summed E-state index contributed by atoms with van der Waals surface area (Å²) >= 11 is 11.9. The molecule has 0 radical (unpaired) electrons. The summed E-state index contributed by atoms with van der Waals surface area (Å²) in [5.41, 5.74) is 2.23.